The summed E-state index contributed by atoms with van der Waals surface area (Å²) in [6.45, 7) is 21.7. The lowest BCUT2D eigenvalue weighted by molar-refractivity contribution is 0.527. The van der Waals surface area contributed by atoms with Crippen molar-refractivity contribution in [1.29, 1.82) is 0 Å². The van der Waals surface area contributed by atoms with Crippen molar-refractivity contribution < 1.29 is 8.76 Å². The van der Waals surface area contributed by atoms with E-state index >= 15 is 0 Å². The van der Waals surface area contributed by atoms with Gasteiger partial charge in [-0.3, -0.25) is 4.21 Å². The minimum atomic E-state index is -2.28. The minimum absolute atomic E-state index is 0.242. The first-order chi connectivity index (χ1) is 14.4. The molecular formula is C28H41O2S-. The predicted octanol–water partition coefficient (Wildman–Crippen LogP) is 8.27. The van der Waals surface area contributed by atoms with Gasteiger partial charge >= 0.3 is 0 Å². The van der Waals surface area contributed by atoms with Gasteiger partial charge in [0.25, 0.3) is 0 Å². The zero-order chi connectivity index (χ0) is 23.6. The van der Waals surface area contributed by atoms with E-state index in [0.29, 0.717) is 5.92 Å². The van der Waals surface area contributed by atoms with Crippen molar-refractivity contribution in [3.8, 4) is 0 Å². The Bertz CT molecular complexity index is 867. The molecule has 0 fully saturated rings. The summed E-state index contributed by atoms with van der Waals surface area (Å²) in [6.07, 6.45) is 0. The summed E-state index contributed by atoms with van der Waals surface area (Å²) in [4.78, 5) is 0. The highest BCUT2D eigenvalue weighted by atomic mass is 32.2. The van der Waals surface area contributed by atoms with Gasteiger partial charge in [-0.2, -0.15) is 0 Å². The lowest BCUT2D eigenvalue weighted by Gasteiger charge is -2.33. The van der Waals surface area contributed by atoms with Gasteiger partial charge in [0, 0.05) is 0 Å². The lowest BCUT2D eigenvalue weighted by Crippen LogP contribution is -2.19. The third kappa shape index (κ3) is 5.49. The van der Waals surface area contributed by atoms with Crippen molar-refractivity contribution >= 4 is 11.1 Å². The van der Waals surface area contributed by atoms with Gasteiger partial charge in [0.1, 0.15) is 0 Å². The van der Waals surface area contributed by atoms with Crippen LogP contribution in [0.3, 0.4) is 0 Å². The molecule has 0 spiro atoms. The monoisotopic (exact) mass is 441 g/mol. The zero-order valence-corrected chi connectivity index (χ0v) is 21.9. The summed E-state index contributed by atoms with van der Waals surface area (Å²) < 4.78 is 26.0. The first-order valence-corrected chi connectivity index (χ1v) is 12.9. The summed E-state index contributed by atoms with van der Waals surface area (Å²) in [6, 6.07) is 10.8. The van der Waals surface area contributed by atoms with Crippen LogP contribution in [-0.4, -0.2) is 8.76 Å². The van der Waals surface area contributed by atoms with E-state index in [9.17, 15) is 8.76 Å². The molecule has 2 aromatic rings. The highest BCUT2D eigenvalue weighted by Crippen LogP contribution is 2.44. The average Bonchev–Trinajstić information content (AvgIpc) is 2.66. The Labute approximate surface area is 193 Å². The predicted molar refractivity (Wildman–Crippen MR) is 134 cm³/mol. The van der Waals surface area contributed by atoms with Crippen LogP contribution in [0.15, 0.2) is 30.3 Å². The van der Waals surface area contributed by atoms with Crippen LogP contribution in [0.4, 0.5) is 0 Å². The molecule has 0 saturated heterocycles. The van der Waals surface area contributed by atoms with Crippen LogP contribution in [0, 0.1) is 0 Å². The SMILES string of the molecule is CC(C)c1cc(C(C)C)c(C(c2c(C(C)C)cccc2C(C)C)S(=O)[O-])c(C(C)C)c1. The topological polar surface area (TPSA) is 40.1 Å². The van der Waals surface area contributed by atoms with Gasteiger partial charge in [0.05, 0.1) is 5.25 Å². The Balaban J connectivity index is 3.04. The molecule has 31 heavy (non-hydrogen) atoms. The summed E-state index contributed by atoms with van der Waals surface area (Å²) in [5, 5.41) is -0.660. The van der Waals surface area contributed by atoms with Gasteiger partial charge in [-0.15, -0.1) is 0 Å². The maximum absolute atomic E-state index is 13.0. The molecule has 0 aliphatic heterocycles. The van der Waals surface area contributed by atoms with Crippen LogP contribution in [0.2, 0.25) is 0 Å². The lowest BCUT2D eigenvalue weighted by atomic mass is 9.78. The van der Waals surface area contributed by atoms with Crippen LogP contribution < -0.4 is 0 Å². The molecule has 0 aliphatic carbocycles. The standard InChI is InChI=1S/C28H42O2S/c1-16(2)21-14-24(19(7)8)27(25(15-21)20(9)10)28(31(29)30)26-22(17(3)4)12-11-13-23(26)18(5)6/h11-20,28H,1-10H3,(H,29,30)/p-1. The van der Waals surface area contributed by atoms with Gasteiger partial charge in [-0.05, 0) is 79.6 Å². The van der Waals surface area contributed by atoms with Crippen LogP contribution >= 0.6 is 0 Å². The molecule has 3 heteroatoms. The second-order valence-corrected chi connectivity index (χ2v) is 11.4. The normalized spacial score (nSPS) is 14.3. The van der Waals surface area contributed by atoms with Crippen LogP contribution in [0.25, 0.3) is 0 Å². The molecule has 0 radical (unpaired) electrons. The van der Waals surface area contributed by atoms with E-state index in [2.05, 4.69) is 99.6 Å². The molecule has 0 bridgehead atoms. The first kappa shape index (κ1) is 25.8. The number of benzene rings is 2. The van der Waals surface area contributed by atoms with E-state index in [1.807, 2.05) is 0 Å². The highest BCUT2D eigenvalue weighted by Gasteiger charge is 2.30. The number of rotatable bonds is 8. The van der Waals surface area contributed by atoms with Gasteiger partial charge in [0.15, 0.2) is 0 Å². The summed E-state index contributed by atoms with van der Waals surface area (Å²) in [5.41, 5.74) is 7.87. The fourth-order valence-corrected chi connectivity index (χ4v) is 5.49. The maximum Gasteiger partial charge on any atom is 0.0725 e. The van der Waals surface area contributed by atoms with Crippen molar-refractivity contribution in [2.75, 3.05) is 0 Å². The molecule has 172 valence electrons. The summed E-state index contributed by atoms with van der Waals surface area (Å²) in [7, 11) is 0. The van der Waals surface area contributed by atoms with Gasteiger partial charge in [0.2, 0.25) is 0 Å². The van der Waals surface area contributed by atoms with Gasteiger partial charge in [-0.1, -0.05) is 99.6 Å². The maximum atomic E-state index is 13.0. The summed E-state index contributed by atoms with van der Waals surface area (Å²) in [5.74, 6) is 1.38. The van der Waals surface area contributed by atoms with Crippen molar-refractivity contribution in [3.63, 3.8) is 0 Å². The fraction of sp³-hybridized carbons (Fsp3) is 0.571. The van der Waals surface area contributed by atoms with Gasteiger partial charge in [-0.25, -0.2) is 0 Å². The molecule has 0 saturated carbocycles. The quantitative estimate of drug-likeness (QED) is 0.387. The third-order valence-electron chi connectivity index (χ3n) is 6.31. The molecular weight excluding hydrogens is 400 g/mol. The van der Waals surface area contributed by atoms with Crippen molar-refractivity contribution in [1.82, 2.24) is 0 Å². The van der Waals surface area contributed by atoms with Crippen molar-refractivity contribution in [2.24, 2.45) is 0 Å². The first-order valence-electron chi connectivity index (χ1n) is 11.8. The molecule has 0 amide bonds. The van der Waals surface area contributed by atoms with Crippen molar-refractivity contribution in [2.45, 2.75) is 104 Å². The van der Waals surface area contributed by atoms with E-state index in [0.717, 1.165) is 33.4 Å². The molecule has 2 aromatic carbocycles. The Morgan fingerprint density at radius 1 is 0.613 bits per heavy atom. The van der Waals surface area contributed by atoms with E-state index in [4.69, 9.17) is 0 Å². The smallest absolute Gasteiger partial charge is 0.0725 e. The third-order valence-corrected chi connectivity index (χ3v) is 7.17. The van der Waals surface area contributed by atoms with E-state index in [1.165, 1.54) is 5.56 Å². The Kier molecular flexibility index (Phi) is 8.69. The Morgan fingerprint density at radius 2 is 0.968 bits per heavy atom. The largest absolute Gasteiger partial charge is 0.772 e. The fourth-order valence-electron chi connectivity index (χ4n) is 4.56. The molecule has 2 atom stereocenters. The highest BCUT2D eigenvalue weighted by molar-refractivity contribution is 7.79. The van der Waals surface area contributed by atoms with Crippen LogP contribution in [-0.2, 0) is 11.1 Å². The number of hydrogen-bond acceptors (Lipinski definition) is 2. The zero-order valence-electron chi connectivity index (χ0n) is 21.1. The molecule has 2 unspecified atom stereocenters. The van der Waals surface area contributed by atoms with Crippen molar-refractivity contribution in [3.05, 3.63) is 69.3 Å². The molecule has 0 aromatic heterocycles. The molecule has 2 rings (SSSR count). The summed E-state index contributed by atoms with van der Waals surface area (Å²) >= 11 is -2.28. The molecule has 2 nitrogen and oxygen atoms in total. The number of hydrogen-bond donors (Lipinski definition) is 0. The van der Waals surface area contributed by atoms with Gasteiger partial charge < -0.3 is 4.55 Å². The average molecular weight is 442 g/mol. The van der Waals surface area contributed by atoms with E-state index < -0.39 is 16.3 Å². The molecule has 0 heterocycles. The second-order valence-electron chi connectivity index (χ2n) is 10.4. The second kappa shape index (κ2) is 10.4. The van der Waals surface area contributed by atoms with Crippen LogP contribution in [0.5, 0.6) is 0 Å². The van der Waals surface area contributed by atoms with E-state index in [-0.39, 0.29) is 23.7 Å². The Morgan fingerprint density at radius 3 is 1.26 bits per heavy atom. The molecule has 0 aliphatic rings. The van der Waals surface area contributed by atoms with Crippen LogP contribution in [0.1, 0.15) is 143 Å². The molecule has 0 N–H and O–H groups in total. The Hall–Kier alpha value is -1.45. The van der Waals surface area contributed by atoms with E-state index in [1.54, 1.807) is 0 Å². The minimum Gasteiger partial charge on any atom is -0.772 e.